The van der Waals surface area contributed by atoms with E-state index in [4.69, 9.17) is 5.11 Å². The molecular formula is C11H17NO3S. The monoisotopic (exact) mass is 243 g/mol. The Balaban J connectivity index is 2.81. The van der Waals surface area contributed by atoms with E-state index in [-0.39, 0.29) is 17.6 Å². The fraction of sp³-hybridized carbons (Fsp3) is 0.455. The minimum absolute atomic E-state index is 0.0920. The zero-order valence-corrected chi connectivity index (χ0v) is 10.1. The quantitative estimate of drug-likeness (QED) is 0.686. The third-order valence-corrected chi connectivity index (χ3v) is 3.84. The highest BCUT2D eigenvalue weighted by molar-refractivity contribution is 7.93. The van der Waals surface area contributed by atoms with Crippen molar-refractivity contribution in [3.05, 3.63) is 35.3 Å². The van der Waals surface area contributed by atoms with Crippen molar-refractivity contribution in [3.8, 4) is 0 Å². The number of allylic oxidation sites excluding steroid dienone is 3. The summed E-state index contributed by atoms with van der Waals surface area (Å²) in [5.41, 5.74) is 0.522. The molecule has 0 atom stereocenters. The van der Waals surface area contributed by atoms with E-state index in [1.807, 2.05) is 0 Å². The molecule has 1 rings (SSSR count). The Morgan fingerprint density at radius 1 is 1.56 bits per heavy atom. The number of hydrogen-bond acceptors (Lipinski definition) is 3. The zero-order chi connectivity index (χ0) is 12.2. The number of sulfonamides is 1. The maximum atomic E-state index is 11.7. The highest BCUT2D eigenvalue weighted by Gasteiger charge is 2.27. The molecule has 1 saturated carbocycles. The van der Waals surface area contributed by atoms with E-state index in [2.05, 4.69) is 11.3 Å². The molecule has 0 spiro atoms. The smallest absolute Gasteiger partial charge is 0.236 e. The molecule has 4 nitrogen and oxygen atoms in total. The molecule has 0 aromatic heterocycles. The summed E-state index contributed by atoms with van der Waals surface area (Å²) in [6, 6.07) is 0.0920. The van der Waals surface area contributed by atoms with Crippen molar-refractivity contribution in [3.63, 3.8) is 0 Å². The van der Waals surface area contributed by atoms with Crippen molar-refractivity contribution < 1.29 is 13.5 Å². The van der Waals surface area contributed by atoms with Crippen LogP contribution in [0.3, 0.4) is 0 Å². The van der Waals surface area contributed by atoms with Gasteiger partial charge in [-0.15, -0.1) is 0 Å². The van der Waals surface area contributed by atoms with Gasteiger partial charge in [0.15, 0.2) is 0 Å². The number of hydrogen-bond donors (Lipinski definition) is 2. The summed E-state index contributed by atoms with van der Waals surface area (Å²) in [7, 11) is -3.40. The molecule has 0 saturated heterocycles. The lowest BCUT2D eigenvalue weighted by molar-refractivity contribution is 0.335. The van der Waals surface area contributed by atoms with E-state index in [0.717, 1.165) is 12.8 Å². The molecule has 0 bridgehead atoms. The predicted molar refractivity (Wildman–Crippen MR) is 64.2 cm³/mol. The Bertz CT molecular complexity index is 417. The molecule has 0 aromatic carbocycles. The van der Waals surface area contributed by atoms with Crippen LogP contribution in [0.4, 0.5) is 0 Å². The standard InChI is InChI=1S/C11H17NO3S/c1-3-4-10(8-13)7-9(2)16(14,15)12-11-5-6-11/h3-4,7,11-13H,1,5-6,8H2,2H3/b9-7+,10-4+. The third-order valence-electron chi connectivity index (χ3n) is 2.23. The van der Waals surface area contributed by atoms with Crippen LogP contribution in [0.15, 0.2) is 35.3 Å². The van der Waals surface area contributed by atoms with Crippen molar-refractivity contribution in [2.24, 2.45) is 0 Å². The van der Waals surface area contributed by atoms with Gasteiger partial charge < -0.3 is 5.11 Å². The molecular weight excluding hydrogens is 226 g/mol. The Hall–Kier alpha value is -0.910. The van der Waals surface area contributed by atoms with Crippen LogP contribution in [0.25, 0.3) is 0 Å². The molecule has 90 valence electrons. The lowest BCUT2D eigenvalue weighted by Crippen LogP contribution is -2.26. The van der Waals surface area contributed by atoms with E-state index in [1.54, 1.807) is 6.08 Å². The van der Waals surface area contributed by atoms with Gasteiger partial charge in [0, 0.05) is 6.04 Å². The summed E-state index contributed by atoms with van der Waals surface area (Å²) in [6.45, 7) is 4.80. The Kier molecular flexibility index (Phi) is 4.46. The largest absolute Gasteiger partial charge is 0.392 e. The lowest BCUT2D eigenvalue weighted by Gasteiger charge is -2.06. The van der Waals surface area contributed by atoms with Crippen molar-refractivity contribution in [2.45, 2.75) is 25.8 Å². The summed E-state index contributed by atoms with van der Waals surface area (Å²) in [5.74, 6) is 0. The first-order valence-corrected chi connectivity index (χ1v) is 6.61. The van der Waals surface area contributed by atoms with Gasteiger partial charge in [-0.3, -0.25) is 0 Å². The van der Waals surface area contributed by atoms with Gasteiger partial charge in [0.05, 0.1) is 11.5 Å². The van der Waals surface area contributed by atoms with E-state index in [9.17, 15) is 8.42 Å². The van der Waals surface area contributed by atoms with E-state index in [0.29, 0.717) is 5.57 Å². The Labute approximate surface area is 96.4 Å². The second-order valence-corrected chi connectivity index (χ2v) is 5.67. The van der Waals surface area contributed by atoms with Crippen molar-refractivity contribution in [1.29, 1.82) is 0 Å². The van der Waals surface area contributed by atoms with Gasteiger partial charge in [-0.2, -0.15) is 0 Å². The normalized spacial score (nSPS) is 18.6. The van der Waals surface area contributed by atoms with Gasteiger partial charge in [-0.25, -0.2) is 13.1 Å². The predicted octanol–water partition coefficient (Wildman–Crippen LogP) is 1.08. The molecule has 1 aliphatic carbocycles. The first-order chi connectivity index (χ1) is 7.49. The van der Waals surface area contributed by atoms with Gasteiger partial charge in [0.1, 0.15) is 0 Å². The number of rotatable bonds is 6. The van der Waals surface area contributed by atoms with Crippen molar-refractivity contribution in [2.75, 3.05) is 6.61 Å². The highest BCUT2D eigenvalue weighted by Crippen LogP contribution is 2.21. The molecule has 0 aromatic rings. The van der Waals surface area contributed by atoms with E-state index < -0.39 is 10.0 Å². The molecule has 0 amide bonds. The molecule has 0 unspecified atom stereocenters. The number of aliphatic hydroxyl groups excluding tert-OH is 1. The van der Waals surface area contributed by atoms with Crippen LogP contribution in [0.2, 0.25) is 0 Å². The summed E-state index contributed by atoms with van der Waals surface area (Å²) in [5, 5.41) is 8.99. The average Bonchev–Trinajstić information content (AvgIpc) is 3.00. The first-order valence-electron chi connectivity index (χ1n) is 5.12. The minimum Gasteiger partial charge on any atom is -0.392 e. The number of aliphatic hydroxyl groups is 1. The van der Waals surface area contributed by atoms with Crippen LogP contribution in [0.1, 0.15) is 19.8 Å². The van der Waals surface area contributed by atoms with Gasteiger partial charge in [-0.1, -0.05) is 18.7 Å². The van der Waals surface area contributed by atoms with Gasteiger partial charge in [-0.05, 0) is 31.4 Å². The van der Waals surface area contributed by atoms with E-state index in [1.165, 1.54) is 19.1 Å². The average molecular weight is 243 g/mol. The topological polar surface area (TPSA) is 66.4 Å². The molecule has 1 aliphatic rings. The molecule has 0 aliphatic heterocycles. The van der Waals surface area contributed by atoms with Crippen LogP contribution < -0.4 is 4.72 Å². The summed E-state index contributed by atoms with van der Waals surface area (Å²) in [4.78, 5) is 0.210. The van der Waals surface area contributed by atoms with Crippen LogP contribution in [-0.2, 0) is 10.0 Å². The SMILES string of the molecule is C=C/C=C(\C=C(/C)S(=O)(=O)NC1CC1)CO. The maximum absolute atomic E-state index is 11.7. The summed E-state index contributed by atoms with van der Waals surface area (Å²) < 4.78 is 26.0. The fourth-order valence-electron chi connectivity index (χ4n) is 1.15. The zero-order valence-electron chi connectivity index (χ0n) is 9.31. The van der Waals surface area contributed by atoms with Crippen LogP contribution in [-0.4, -0.2) is 26.2 Å². The second kappa shape index (κ2) is 5.43. The maximum Gasteiger partial charge on any atom is 0.236 e. The summed E-state index contributed by atoms with van der Waals surface area (Å²) >= 11 is 0. The number of nitrogens with one attached hydrogen (secondary N) is 1. The van der Waals surface area contributed by atoms with Gasteiger partial charge in [0.25, 0.3) is 0 Å². The summed E-state index contributed by atoms with van der Waals surface area (Å²) in [6.07, 6.45) is 6.35. The molecule has 16 heavy (non-hydrogen) atoms. The molecule has 0 heterocycles. The molecule has 0 radical (unpaired) electrons. The lowest BCUT2D eigenvalue weighted by atomic mass is 10.2. The van der Waals surface area contributed by atoms with Crippen LogP contribution in [0, 0.1) is 0 Å². The minimum atomic E-state index is -3.40. The Morgan fingerprint density at radius 3 is 2.62 bits per heavy atom. The second-order valence-electron chi connectivity index (χ2n) is 3.79. The van der Waals surface area contributed by atoms with Gasteiger partial charge >= 0.3 is 0 Å². The molecule has 2 N–H and O–H groups in total. The van der Waals surface area contributed by atoms with Crippen molar-refractivity contribution in [1.82, 2.24) is 4.72 Å². The molecule has 1 fully saturated rings. The fourth-order valence-corrected chi connectivity index (χ4v) is 2.32. The highest BCUT2D eigenvalue weighted by atomic mass is 32.2. The third kappa shape index (κ3) is 3.92. The van der Waals surface area contributed by atoms with Crippen LogP contribution in [0.5, 0.6) is 0 Å². The van der Waals surface area contributed by atoms with Crippen molar-refractivity contribution >= 4 is 10.0 Å². The first kappa shape index (κ1) is 13.2. The Morgan fingerprint density at radius 2 is 2.19 bits per heavy atom. The van der Waals surface area contributed by atoms with E-state index >= 15 is 0 Å². The molecule has 5 heteroatoms. The van der Waals surface area contributed by atoms with Crippen LogP contribution >= 0.6 is 0 Å². The van der Waals surface area contributed by atoms with Gasteiger partial charge in [0.2, 0.25) is 10.0 Å².